The fourth-order valence-corrected chi connectivity index (χ4v) is 3.43. The van der Waals surface area contributed by atoms with Crippen LogP contribution in [-0.4, -0.2) is 25.7 Å². The highest BCUT2D eigenvalue weighted by molar-refractivity contribution is 5.94. The molecule has 4 N–H and O–H groups in total. The minimum atomic E-state index is 0.0347. The van der Waals surface area contributed by atoms with Gasteiger partial charge in [0, 0.05) is 44.4 Å². The lowest BCUT2D eigenvalue weighted by Gasteiger charge is -1.90. The highest BCUT2D eigenvalue weighted by atomic mass is 16.1. The van der Waals surface area contributed by atoms with E-state index in [1.807, 2.05) is 42.5 Å². The molecule has 1 aliphatic heterocycles. The topological polar surface area (TPSA) is 80.2 Å². The normalized spacial score (nSPS) is 12.5. The van der Waals surface area contributed by atoms with Crippen LogP contribution >= 0.6 is 0 Å². The van der Waals surface area contributed by atoms with Gasteiger partial charge in [0.2, 0.25) is 0 Å². The van der Waals surface area contributed by atoms with Gasteiger partial charge in [-0.2, -0.15) is 0 Å². The van der Waals surface area contributed by atoms with E-state index in [-0.39, 0.29) is 5.78 Å². The molecular weight excluding hydrogens is 336 g/mol. The second-order valence-corrected chi connectivity index (χ2v) is 6.79. The summed E-state index contributed by atoms with van der Waals surface area (Å²) in [5.74, 6) is 0.0347. The Hall–Kier alpha value is -3.73. The van der Waals surface area contributed by atoms with E-state index in [1.165, 1.54) is 0 Å². The van der Waals surface area contributed by atoms with Gasteiger partial charge in [-0.25, -0.2) is 0 Å². The first kappa shape index (κ1) is 15.5. The summed E-state index contributed by atoms with van der Waals surface area (Å²) in [6, 6.07) is 14.1. The van der Waals surface area contributed by atoms with Crippen LogP contribution in [0, 0.1) is 0 Å². The van der Waals surface area contributed by atoms with Crippen molar-refractivity contribution in [1.82, 2.24) is 19.9 Å². The van der Waals surface area contributed by atoms with Crippen molar-refractivity contribution in [3.05, 3.63) is 92.2 Å². The summed E-state index contributed by atoms with van der Waals surface area (Å²) in [5.41, 5.74) is 4.58. The van der Waals surface area contributed by atoms with Gasteiger partial charge in [-0.05, 0) is 73.7 Å². The molecule has 4 aromatic rings. The molecule has 5 rings (SSSR count). The Morgan fingerprint density at radius 3 is 1.70 bits per heavy atom. The maximum absolute atomic E-state index is 12.1. The zero-order valence-electron chi connectivity index (χ0n) is 14.8. The summed E-state index contributed by atoms with van der Waals surface area (Å²) < 4.78 is 0. The van der Waals surface area contributed by atoms with Crippen molar-refractivity contribution in [2.75, 3.05) is 0 Å². The summed E-state index contributed by atoms with van der Waals surface area (Å²) in [4.78, 5) is 25.6. The molecule has 5 nitrogen and oxygen atoms in total. The van der Waals surface area contributed by atoms with Gasteiger partial charge in [0.15, 0.2) is 5.78 Å². The zero-order chi connectivity index (χ0) is 18.4. The van der Waals surface area contributed by atoms with E-state index in [1.54, 1.807) is 6.92 Å². The number of H-pyrrole nitrogens is 4. The Morgan fingerprint density at radius 1 is 0.630 bits per heavy atom. The van der Waals surface area contributed by atoms with Gasteiger partial charge < -0.3 is 19.9 Å². The molecule has 27 heavy (non-hydrogen) atoms. The van der Waals surface area contributed by atoms with Gasteiger partial charge in [-0.15, -0.1) is 0 Å². The standard InChI is InChI=1S/C22H18N4O/c1-13(27)21-11-20-10-18-5-4-16(24-18)8-14-2-3-15(23-14)9-17-6-7-19(25-17)12-22(21)26-20/h2-12,23-26H,1H3. The molecule has 0 unspecified atom stereocenters. The van der Waals surface area contributed by atoms with Gasteiger partial charge in [0.25, 0.3) is 0 Å². The third-order valence-corrected chi connectivity index (χ3v) is 4.67. The maximum atomic E-state index is 12.1. The number of rotatable bonds is 1. The van der Waals surface area contributed by atoms with Gasteiger partial charge in [-0.1, -0.05) is 0 Å². The fourth-order valence-electron chi connectivity index (χ4n) is 3.43. The molecule has 0 spiro atoms. The summed E-state index contributed by atoms with van der Waals surface area (Å²) in [6.07, 6.45) is 8.09. The summed E-state index contributed by atoms with van der Waals surface area (Å²) in [5, 5.41) is 3.73. The molecule has 0 radical (unpaired) electrons. The van der Waals surface area contributed by atoms with E-state index in [9.17, 15) is 4.79 Å². The number of aromatic amines is 4. The second-order valence-electron chi connectivity index (χ2n) is 6.79. The second kappa shape index (κ2) is 5.92. The van der Waals surface area contributed by atoms with E-state index in [2.05, 4.69) is 44.2 Å². The van der Waals surface area contributed by atoms with Crippen molar-refractivity contribution in [3.8, 4) is 0 Å². The molecule has 5 heterocycles. The van der Waals surface area contributed by atoms with Gasteiger partial charge in [0.1, 0.15) is 0 Å². The predicted molar refractivity (Wildman–Crippen MR) is 106 cm³/mol. The Labute approximate surface area is 154 Å². The van der Waals surface area contributed by atoms with Crippen LogP contribution in [0.5, 0.6) is 0 Å². The number of hydrogen-bond donors (Lipinski definition) is 4. The third kappa shape index (κ3) is 3.00. The molecule has 0 aromatic carbocycles. The minimum Gasteiger partial charge on any atom is -0.355 e. The first-order valence-electron chi connectivity index (χ1n) is 8.82. The van der Waals surface area contributed by atoms with E-state index in [4.69, 9.17) is 0 Å². The number of aromatic nitrogens is 4. The van der Waals surface area contributed by atoms with Crippen molar-refractivity contribution in [2.24, 2.45) is 0 Å². The van der Waals surface area contributed by atoms with Gasteiger partial charge in [-0.3, -0.25) is 4.79 Å². The van der Waals surface area contributed by atoms with Crippen molar-refractivity contribution in [3.63, 3.8) is 0 Å². The number of ketones is 1. The summed E-state index contributed by atoms with van der Waals surface area (Å²) in [6.45, 7) is 1.59. The Balaban J connectivity index is 1.82. The van der Waals surface area contributed by atoms with Crippen LogP contribution < -0.4 is 21.4 Å². The van der Waals surface area contributed by atoms with Gasteiger partial charge in [0.05, 0.1) is 5.35 Å². The maximum Gasteiger partial charge on any atom is 0.161 e. The Kier molecular flexibility index (Phi) is 3.40. The molecule has 1 aliphatic rings. The number of fused-ring (bicyclic) bond motifs is 8. The predicted octanol–water partition coefficient (Wildman–Crippen LogP) is 0.830. The summed E-state index contributed by atoms with van der Waals surface area (Å²) in [7, 11) is 0. The number of Topliss-reactive ketones (excluding diaryl/α,β-unsaturated/α-hetero) is 1. The number of carbonyl (C=O) groups excluding carboxylic acids is 1. The zero-order valence-corrected chi connectivity index (χ0v) is 14.8. The number of nitrogens with one attached hydrogen (secondary N) is 4. The van der Waals surface area contributed by atoms with Crippen LogP contribution in [0.4, 0.5) is 0 Å². The smallest absolute Gasteiger partial charge is 0.161 e. The minimum absolute atomic E-state index is 0.0347. The lowest BCUT2D eigenvalue weighted by molar-refractivity contribution is 0.101. The first-order valence-corrected chi connectivity index (χ1v) is 8.82. The van der Waals surface area contributed by atoms with Crippen LogP contribution in [-0.2, 0) is 0 Å². The average Bonchev–Trinajstić information content (AvgIpc) is 3.38. The first-order chi connectivity index (χ1) is 13.1. The molecule has 4 aromatic heterocycles. The van der Waals surface area contributed by atoms with E-state index in [0.717, 1.165) is 44.2 Å². The molecule has 132 valence electrons. The summed E-state index contributed by atoms with van der Waals surface area (Å²) >= 11 is 0. The van der Waals surface area contributed by atoms with Crippen LogP contribution in [0.15, 0.2) is 42.5 Å². The van der Waals surface area contributed by atoms with Crippen LogP contribution in [0.3, 0.4) is 0 Å². The van der Waals surface area contributed by atoms with E-state index < -0.39 is 0 Å². The van der Waals surface area contributed by atoms with Crippen LogP contribution in [0.25, 0.3) is 24.3 Å². The molecule has 0 saturated heterocycles. The molecule has 0 aliphatic carbocycles. The number of carbonyl (C=O) groups is 1. The largest absolute Gasteiger partial charge is 0.355 e. The molecule has 8 bridgehead atoms. The van der Waals surface area contributed by atoms with Crippen molar-refractivity contribution < 1.29 is 4.79 Å². The lowest BCUT2D eigenvalue weighted by Crippen LogP contribution is -2.14. The monoisotopic (exact) mass is 354 g/mol. The average molecular weight is 354 g/mol. The molecule has 0 amide bonds. The molecule has 0 saturated carbocycles. The molecule has 5 heteroatoms. The lowest BCUT2D eigenvalue weighted by atomic mass is 10.2. The quantitative estimate of drug-likeness (QED) is 0.331. The highest BCUT2D eigenvalue weighted by Crippen LogP contribution is 2.05. The SMILES string of the molecule is CC(=O)c1cc2[nH]c1=Cc1ccc([nH]1)C=c1ccc([nH]1)=Cc1ccc([nH]1)C=2. The molecular formula is C22H18N4O. The van der Waals surface area contributed by atoms with E-state index >= 15 is 0 Å². The Morgan fingerprint density at radius 2 is 1.15 bits per heavy atom. The van der Waals surface area contributed by atoms with Gasteiger partial charge >= 0.3 is 0 Å². The van der Waals surface area contributed by atoms with Crippen molar-refractivity contribution in [2.45, 2.75) is 6.92 Å². The van der Waals surface area contributed by atoms with Crippen LogP contribution in [0.1, 0.15) is 40.1 Å². The Bertz CT molecular complexity index is 1410. The fraction of sp³-hybridized carbons (Fsp3) is 0.0455. The molecule has 0 fully saturated rings. The van der Waals surface area contributed by atoms with Crippen molar-refractivity contribution >= 4 is 30.1 Å². The third-order valence-electron chi connectivity index (χ3n) is 4.67. The van der Waals surface area contributed by atoms with Crippen molar-refractivity contribution in [1.29, 1.82) is 0 Å². The van der Waals surface area contributed by atoms with Crippen LogP contribution in [0.2, 0.25) is 0 Å². The number of hydrogen-bond acceptors (Lipinski definition) is 1. The van der Waals surface area contributed by atoms with E-state index in [0.29, 0.717) is 5.56 Å². The highest BCUT2D eigenvalue weighted by Gasteiger charge is 2.05. The molecule has 0 atom stereocenters.